The van der Waals surface area contributed by atoms with Crippen LogP contribution in [0.1, 0.15) is 20.3 Å². The summed E-state index contributed by atoms with van der Waals surface area (Å²) in [6.07, 6.45) is 3.94. The number of likely N-dealkylation sites (tertiary alicyclic amines) is 1. The lowest BCUT2D eigenvalue weighted by Gasteiger charge is -2.41. The summed E-state index contributed by atoms with van der Waals surface area (Å²) < 4.78 is -0.859. The van der Waals surface area contributed by atoms with Gasteiger partial charge in [-0.25, -0.2) is 0 Å². The minimum Gasteiger partial charge on any atom is -0.394 e. The summed E-state index contributed by atoms with van der Waals surface area (Å²) in [5, 5.41) is 12.5. The molecule has 3 aliphatic rings. The third-order valence-electron chi connectivity index (χ3n) is 9.83. The molecule has 3 aliphatic heterocycles. The van der Waals surface area contributed by atoms with E-state index in [1.165, 1.54) is 0 Å². The Hall–Kier alpha value is -3.40. The monoisotopic (exact) mass is 701 g/mol. The van der Waals surface area contributed by atoms with Crippen molar-refractivity contribution in [3.63, 3.8) is 0 Å². The van der Waals surface area contributed by atoms with Gasteiger partial charge in [-0.05, 0) is 47.4 Å². The molecule has 7 nitrogen and oxygen atoms in total. The number of para-hydroxylation sites is 1. The first-order chi connectivity index (χ1) is 22.2. The number of alkyl halides is 1. The molecule has 240 valence electrons. The fourth-order valence-electron chi connectivity index (χ4n) is 7.79. The minimum absolute atomic E-state index is 0.0766. The molecule has 9 heteroatoms. The molecule has 3 aromatic carbocycles. The SMILES string of the molecule is C=CCN(C(=O)C1N([C@@H](CO)C(C)C)C(=O)[C@@H]2[C@H](C(=O)N(CC=C)c3ccccc3)[C@H]3SC12CC3Br)c1ccc2ccccc2c1. The van der Waals surface area contributed by atoms with Crippen LogP contribution in [0.25, 0.3) is 10.8 Å². The van der Waals surface area contributed by atoms with Crippen molar-refractivity contribution in [2.45, 2.75) is 47.2 Å². The van der Waals surface area contributed by atoms with Gasteiger partial charge in [0.1, 0.15) is 6.04 Å². The van der Waals surface area contributed by atoms with E-state index in [1.807, 2.05) is 86.6 Å². The Kier molecular flexibility index (Phi) is 9.20. The number of anilines is 2. The van der Waals surface area contributed by atoms with E-state index in [0.29, 0.717) is 18.7 Å². The van der Waals surface area contributed by atoms with Crippen molar-refractivity contribution in [3.8, 4) is 0 Å². The van der Waals surface area contributed by atoms with E-state index < -0.39 is 28.7 Å². The van der Waals surface area contributed by atoms with E-state index in [1.54, 1.807) is 38.6 Å². The average Bonchev–Trinajstić information content (AvgIpc) is 3.65. The first kappa shape index (κ1) is 32.5. The molecule has 0 aliphatic carbocycles. The van der Waals surface area contributed by atoms with Gasteiger partial charge in [0.05, 0.1) is 29.2 Å². The van der Waals surface area contributed by atoms with E-state index in [9.17, 15) is 14.7 Å². The van der Waals surface area contributed by atoms with Crippen molar-refractivity contribution in [1.29, 1.82) is 0 Å². The van der Waals surface area contributed by atoms with Gasteiger partial charge < -0.3 is 19.8 Å². The van der Waals surface area contributed by atoms with E-state index in [4.69, 9.17) is 0 Å². The number of halogens is 1. The Balaban J connectivity index is 1.47. The van der Waals surface area contributed by atoms with Crippen molar-refractivity contribution < 1.29 is 19.5 Å². The molecule has 3 heterocycles. The normalized spacial score (nSPS) is 27.1. The minimum atomic E-state index is -0.881. The Morgan fingerprint density at radius 1 is 0.978 bits per heavy atom. The van der Waals surface area contributed by atoms with Crippen molar-refractivity contribution in [3.05, 3.63) is 98.1 Å². The molecule has 3 amide bonds. The lowest BCUT2D eigenvalue weighted by atomic mass is 9.70. The summed E-state index contributed by atoms with van der Waals surface area (Å²) >= 11 is 5.49. The topological polar surface area (TPSA) is 81.2 Å². The molecule has 1 N–H and O–H groups in total. The molecule has 0 aromatic heterocycles. The average molecular weight is 703 g/mol. The second kappa shape index (κ2) is 13.0. The lowest BCUT2D eigenvalue weighted by Crippen LogP contribution is -2.59. The first-order valence-corrected chi connectivity index (χ1v) is 17.6. The lowest BCUT2D eigenvalue weighted by molar-refractivity contribution is -0.142. The molecular formula is C37H40BrN3O4S. The van der Waals surface area contributed by atoms with E-state index in [-0.39, 0.29) is 46.9 Å². The van der Waals surface area contributed by atoms with Gasteiger partial charge >= 0.3 is 0 Å². The zero-order valence-electron chi connectivity index (χ0n) is 26.2. The highest BCUT2D eigenvalue weighted by Crippen LogP contribution is 2.68. The fourth-order valence-corrected chi connectivity index (χ4v) is 11.4. The molecule has 3 saturated heterocycles. The van der Waals surface area contributed by atoms with Gasteiger partial charge in [-0.1, -0.05) is 90.5 Å². The third-order valence-corrected chi connectivity index (χ3v) is 13.0. The second-order valence-corrected chi connectivity index (χ2v) is 15.5. The van der Waals surface area contributed by atoms with Crippen LogP contribution in [0.2, 0.25) is 0 Å². The largest absolute Gasteiger partial charge is 0.394 e. The number of amides is 3. The number of benzene rings is 3. The number of hydrogen-bond acceptors (Lipinski definition) is 5. The summed E-state index contributed by atoms with van der Waals surface area (Å²) in [6, 6.07) is 21.9. The maximum Gasteiger partial charge on any atom is 0.251 e. The number of fused-ring (bicyclic) bond motifs is 2. The molecule has 0 radical (unpaired) electrons. The summed E-state index contributed by atoms with van der Waals surface area (Å²) in [7, 11) is 0. The molecular weight excluding hydrogens is 662 g/mol. The highest BCUT2D eigenvalue weighted by Gasteiger charge is 2.76. The van der Waals surface area contributed by atoms with Crippen LogP contribution in [0.3, 0.4) is 0 Å². The molecule has 3 aromatic rings. The molecule has 1 spiro atoms. The number of thioether (sulfide) groups is 1. The van der Waals surface area contributed by atoms with Gasteiger partial charge in [-0.15, -0.1) is 24.9 Å². The zero-order chi connectivity index (χ0) is 32.7. The van der Waals surface area contributed by atoms with Gasteiger partial charge in [0.15, 0.2) is 0 Å². The van der Waals surface area contributed by atoms with Crippen LogP contribution in [0, 0.1) is 17.8 Å². The van der Waals surface area contributed by atoms with Crippen LogP contribution < -0.4 is 9.80 Å². The highest BCUT2D eigenvalue weighted by atomic mass is 79.9. The summed E-state index contributed by atoms with van der Waals surface area (Å²) in [4.78, 5) is 49.5. The maximum absolute atomic E-state index is 15.1. The molecule has 2 bridgehead atoms. The van der Waals surface area contributed by atoms with Gasteiger partial charge in [0.2, 0.25) is 11.8 Å². The number of nitrogens with zero attached hydrogens (tertiary/aromatic N) is 3. The summed E-state index contributed by atoms with van der Waals surface area (Å²) in [5.41, 5.74) is 1.45. The van der Waals surface area contributed by atoms with Crippen molar-refractivity contribution in [1.82, 2.24) is 4.90 Å². The smallest absolute Gasteiger partial charge is 0.251 e. The zero-order valence-corrected chi connectivity index (χ0v) is 28.6. The molecule has 0 saturated carbocycles. The number of aliphatic hydroxyl groups excluding tert-OH is 1. The van der Waals surface area contributed by atoms with Crippen molar-refractivity contribution in [2.75, 3.05) is 29.5 Å². The second-order valence-electron chi connectivity index (χ2n) is 12.7. The molecule has 3 fully saturated rings. The van der Waals surface area contributed by atoms with Crippen molar-refractivity contribution >= 4 is 67.6 Å². The quantitative estimate of drug-likeness (QED) is 0.194. The number of rotatable bonds is 11. The summed E-state index contributed by atoms with van der Waals surface area (Å²) in [5.74, 6) is -2.10. The van der Waals surface area contributed by atoms with Crippen LogP contribution in [0.4, 0.5) is 11.4 Å². The van der Waals surface area contributed by atoms with Crippen molar-refractivity contribution in [2.24, 2.45) is 17.8 Å². The predicted octanol–water partition coefficient (Wildman–Crippen LogP) is 6.06. The number of carbonyl (C=O) groups excluding carboxylic acids is 3. The van der Waals surface area contributed by atoms with Crippen LogP contribution in [0.5, 0.6) is 0 Å². The van der Waals surface area contributed by atoms with E-state index in [0.717, 1.165) is 16.5 Å². The molecule has 7 atom stereocenters. The van der Waals surface area contributed by atoms with Crippen LogP contribution in [-0.2, 0) is 14.4 Å². The Morgan fingerprint density at radius 2 is 1.61 bits per heavy atom. The van der Waals surface area contributed by atoms with Gasteiger partial charge in [-0.3, -0.25) is 14.4 Å². The van der Waals surface area contributed by atoms with Crippen LogP contribution >= 0.6 is 27.7 Å². The summed E-state index contributed by atoms with van der Waals surface area (Å²) in [6.45, 7) is 12.0. The Morgan fingerprint density at radius 3 is 2.24 bits per heavy atom. The van der Waals surface area contributed by atoms with Gasteiger partial charge in [0, 0.05) is 34.5 Å². The van der Waals surface area contributed by atoms with Gasteiger partial charge in [-0.2, -0.15) is 0 Å². The standard InChI is InChI=1S/C37H40BrN3O4S/c1-5-18-39(26-14-8-7-9-15-26)34(43)30-31-35(44)41(29(22-42)23(3)4)33(37(31)21-28(38)32(30)46-37)36(45)40(19-6-2)27-17-16-24-12-10-11-13-25(24)20-27/h5-17,20,23,28-33,42H,1-2,18-19,21-22H2,3-4H3/t28?,29-,30-,31-,32-,33?,37?/m0/s1. The maximum atomic E-state index is 15.1. The Labute approximate surface area is 283 Å². The van der Waals surface area contributed by atoms with E-state index >= 15 is 4.79 Å². The van der Waals surface area contributed by atoms with E-state index in [2.05, 4.69) is 29.1 Å². The molecule has 6 rings (SSSR count). The fraction of sp³-hybridized carbons (Fsp3) is 0.378. The highest BCUT2D eigenvalue weighted by molar-refractivity contribution is 9.09. The van der Waals surface area contributed by atoms with Crippen LogP contribution in [0.15, 0.2) is 98.1 Å². The predicted molar refractivity (Wildman–Crippen MR) is 190 cm³/mol. The Bertz CT molecular complexity index is 1670. The first-order valence-electron chi connectivity index (χ1n) is 15.8. The van der Waals surface area contributed by atoms with Crippen LogP contribution in [-0.4, -0.2) is 74.3 Å². The number of hydrogen-bond donors (Lipinski definition) is 1. The third kappa shape index (κ3) is 5.20. The number of aliphatic hydroxyl groups is 1. The number of carbonyl (C=O) groups is 3. The van der Waals surface area contributed by atoms with Gasteiger partial charge in [0.25, 0.3) is 5.91 Å². The molecule has 46 heavy (non-hydrogen) atoms. The molecule has 3 unspecified atom stereocenters.